The number of aryl methyl sites for hydroxylation is 2. The van der Waals surface area contributed by atoms with Crippen molar-refractivity contribution in [2.75, 3.05) is 45.2 Å². The molecule has 10 nitrogen and oxygen atoms in total. The second-order valence-electron chi connectivity index (χ2n) is 13.9. The molecule has 0 saturated carbocycles. The van der Waals surface area contributed by atoms with Gasteiger partial charge in [-0.1, -0.05) is 24.3 Å². The fourth-order valence-electron chi connectivity index (χ4n) is 7.68. The fraction of sp³-hybridized carbons (Fsp3) is 0.385. The lowest BCUT2D eigenvalue weighted by Crippen LogP contribution is -2.37. The van der Waals surface area contributed by atoms with Gasteiger partial charge in [-0.3, -0.25) is 14.7 Å². The molecule has 3 aliphatic rings. The SMILES string of the molecule is COc1nc(N(C)C2CCN(C(=O)/C(F)=C/c3cc(C)nc(C)n3)C2)c2cnc(-c3cccc4ccc(F)c(F)c34)c(F)c2n1.FC1CC2CCCN2C1. The number of carbonyl (C=O) groups excluding carboxylic acids is 1. The lowest BCUT2D eigenvalue weighted by atomic mass is 10.00. The fourth-order valence-corrected chi connectivity index (χ4v) is 7.68. The van der Waals surface area contributed by atoms with Crippen molar-refractivity contribution in [1.82, 2.24) is 34.7 Å². The minimum Gasteiger partial charge on any atom is -0.467 e. The number of ether oxygens (including phenoxy) is 1. The van der Waals surface area contributed by atoms with Crippen LogP contribution in [-0.4, -0.2) is 99.2 Å². The van der Waals surface area contributed by atoms with Gasteiger partial charge < -0.3 is 14.5 Å². The van der Waals surface area contributed by atoms with Gasteiger partial charge in [-0.25, -0.2) is 31.9 Å². The molecule has 2 aromatic carbocycles. The normalized spacial score (nSPS) is 20.0. The first-order chi connectivity index (χ1) is 25.9. The third-order valence-electron chi connectivity index (χ3n) is 10.3. The molecule has 1 amide bonds. The summed E-state index contributed by atoms with van der Waals surface area (Å²) in [6.45, 7) is 5.74. The number of carbonyl (C=O) groups is 1. The molecule has 3 saturated heterocycles. The van der Waals surface area contributed by atoms with Gasteiger partial charge in [-0.2, -0.15) is 9.97 Å². The van der Waals surface area contributed by atoms with Gasteiger partial charge in [0.15, 0.2) is 23.3 Å². The Morgan fingerprint density at radius 2 is 1.81 bits per heavy atom. The Morgan fingerprint density at radius 3 is 2.57 bits per heavy atom. The highest BCUT2D eigenvalue weighted by Gasteiger charge is 2.35. The summed E-state index contributed by atoms with van der Waals surface area (Å²) in [5.41, 5.74) is 0.645. The zero-order valence-corrected chi connectivity index (χ0v) is 30.3. The number of halogens is 5. The van der Waals surface area contributed by atoms with Gasteiger partial charge in [0, 0.05) is 67.7 Å². The number of aromatic nitrogens is 5. The van der Waals surface area contributed by atoms with E-state index in [-0.39, 0.29) is 58.5 Å². The van der Waals surface area contributed by atoms with Gasteiger partial charge in [0.1, 0.15) is 29.0 Å². The first-order valence-corrected chi connectivity index (χ1v) is 17.8. The van der Waals surface area contributed by atoms with E-state index < -0.39 is 35.4 Å². The molecule has 6 heterocycles. The summed E-state index contributed by atoms with van der Waals surface area (Å²) in [4.78, 5) is 39.6. The maximum absolute atomic E-state index is 16.2. The molecule has 0 aliphatic carbocycles. The predicted octanol–water partition coefficient (Wildman–Crippen LogP) is 6.92. The van der Waals surface area contributed by atoms with Crippen molar-refractivity contribution in [3.05, 3.63) is 83.1 Å². The van der Waals surface area contributed by atoms with Gasteiger partial charge in [-0.15, -0.1) is 0 Å². The van der Waals surface area contributed by atoms with Crippen LogP contribution in [0.3, 0.4) is 0 Å². The molecule has 0 radical (unpaired) electrons. The highest BCUT2D eigenvalue weighted by molar-refractivity contribution is 5.99. The number of alkyl halides is 1. The monoisotopic (exact) mass is 746 g/mol. The van der Waals surface area contributed by atoms with E-state index in [9.17, 15) is 22.4 Å². The van der Waals surface area contributed by atoms with E-state index in [0.29, 0.717) is 41.6 Å². The average Bonchev–Trinajstić information content (AvgIpc) is 3.90. The van der Waals surface area contributed by atoms with Crippen molar-refractivity contribution in [2.24, 2.45) is 0 Å². The molecule has 3 aliphatic heterocycles. The first kappa shape index (κ1) is 37.0. The van der Waals surface area contributed by atoms with Gasteiger partial charge in [0.05, 0.1) is 18.2 Å². The van der Waals surface area contributed by atoms with Crippen LogP contribution in [0.25, 0.3) is 39.0 Å². The summed E-state index contributed by atoms with van der Waals surface area (Å²) in [6, 6.07) is 8.81. The molecule has 3 unspecified atom stereocenters. The summed E-state index contributed by atoms with van der Waals surface area (Å²) in [6.07, 6.45) is 5.74. The van der Waals surface area contributed by atoms with Crippen molar-refractivity contribution in [3.8, 4) is 17.3 Å². The van der Waals surface area contributed by atoms with E-state index in [2.05, 4.69) is 29.8 Å². The van der Waals surface area contributed by atoms with E-state index in [4.69, 9.17) is 4.74 Å². The van der Waals surface area contributed by atoms with Crippen LogP contribution in [0.5, 0.6) is 6.01 Å². The lowest BCUT2D eigenvalue weighted by molar-refractivity contribution is -0.127. The Bertz CT molecular complexity index is 2240. The van der Waals surface area contributed by atoms with Crippen molar-refractivity contribution >= 4 is 39.5 Å². The number of amides is 1. The average molecular weight is 747 g/mol. The summed E-state index contributed by atoms with van der Waals surface area (Å²) < 4.78 is 78.1. The summed E-state index contributed by atoms with van der Waals surface area (Å²) in [7, 11) is 3.05. The second-order valence-corrected chi connectivity index (χ2v) is 13.9. The molecule has 3 fully saturated rings. The highest BCUT2D eigenvalue weighted by atomic mass is 19.2. The van der Waals surface area contributed by atoms with Gasteiger partial charge in [0.25, 0.3) is 5.91 Å². The molecular formula is C39H39F5N8O2. The maximum Gasteiger partial charge on any atom is 0.318 e. The molecule has 0 spiro atoms. The quantitative estimate of drug-likeness (QED) is 0.136. The molecule has 54 heavy (non-hydrogen) atoms. The van der Waals surface area contributed by atoms with Crippen molar-refractivity contribution in [3.63, 3.8) is 0 Å². The lowest BCUT2D eigenvalue weighted by Gasteiger charge is -2.27. The zero-order chi connectivity index (χ0) is 38.3. The van der Waals surface area contributed by atoms with Crippen molar-refractivity contribution in [2.45, 2.75) is 57.8 Å². The van der Waals surface area contributed by atoms with E-state index in [1.165, 1.54) is 43.2 Å². The molecule has 5 aromatic rings. The van der Waals surface area contributed by atoms with Crippen LogP contribution in [0.2, 0.25) is 0 Å². The van der Waals surface area contributed by atoms with Crippen LogP contribution in [0.15, 0.2) is 48.4 Å². The third kappa shape index (κ3) is 7.28. The largest absolute Gasteiger partial charge is 0.467 e. The summed E-state index contributed by atoms with van der Waals surface area (Å²) in [5, 5.41) is 0.502. The number of likely N-dealkylation sites (tertiary alicyclic amines) is 1. The van der Waals surface area contributed by atoms with E-state index in [1.807, 2.05) is 0 Å². The predicted molar refractivity (Wildman–Crippen MR) is 195 cm³/mol. The standard InChI is InChI=1S/C32H27F4N7O2.C7H12FN/c1-16-12-19(39-17(2)38-16)13-24(34)31(44)43-11-10-20(15-43)42(3)30-22-14-37-28(27(36)29(22)40-32(41-30)45-4)21-7-5-6-18-8-9-23(33)26(35)25(18)21;8-6-4-7-2-1-3-9(7)5-6/h5-9,12-14,20H,10-11,15H2,1-4H3;6-7H,1-5H2/b24-13-;. The molecule has 3 atom stereocenters. The third-order valence-corrected chi connectivity index (χ3v) is 10.3. The number of pyridine rings is 1. The Labute approximate surface area is 308 Å². The minimum absolute atomic E-state index is 0.0590. The number of rotatable bonds is 6. The number of likely N-dealkylation sites (N-methyl/N-ethyl adjacent to an activating group) is 1. The molecule has 0 bridgehead atoms. The summed E-state index contributed by atoms with van der Waals surface area (Å²) in [5.74, 6) is -4.04. The van der Waals surface area contributed by atoms with E-state index in [0.717, 1.165) is 25.1 Å². The Kier molecular flexibility index (Phi) is 10.4. The van der Waals surface area contributed by atoms with Gasteiger partial charge >= 0.3 is 6.01 Å². The van der Waals surface area contributed by atoms with Crippen LogP contribution < -0.4 is 9.64 Å². The number of benzene rings is 2. The number of hydrogen-bond donors (Lipinski definition) is 0. The van der Waals surface area contributed by atoms with E-state index >= 15 is 4.39 Å². The van der Waals surface area contributed by atoms with Gasteiger partial charge in [0.2, 0.25) is 0 Å². The Balaban J connectivity index is 0.000000433. The van der Waals surface area contributed by atoms with Crippen LogP contribution in [0.1, 0.15) is 42.9 Å². The molecule has 8 rings (SSSR count). The number of hydrogen-bond acceptors (Lipinski definition) is 9. The molecule has 0 N–H and O–H groups in total. The maximum atomic E-state index is 16.2. The van der Waals surface area contributed by atoms with Crippen molar-refractivity contribution in [1.29, 1.82) is 0 Å². The van der Waals surface area contributed by atoms with Crippen LogP contribution in [0, 0.1) is 31.3 Å². The minimum atomic E-state index is -1.11. The molecular weight excluding hydrogens is 707 g/mol. The topological polar surface area (TPSA) is 100 Å². The van der Waals surface area contributed by atoms with Crippen LogP contribution in [-0.2, 0) is 4.79 Å². The Hall–Kier alpha value is -5.31. The number of methoxy groups -OCH3 is 1. The van der Waals surface area contributed by atoms with E-state index in [1.54, 1.807) is 44.0 Å². The molecule has 3 aromatic heterocycles. The highest BCUT2D eigenvalue weighted by Crippen LogP contribution is 2.37. The number of nitrogens with zero attached hydrogens (tertiary/aromatic N) is 8. The number of fused-ring (bicyclic) bond motifs is 3. The zero-order valence-electron chi connectivity index (χ0n) is 30.3. The molecule has 15 heteroatoms. The Morgan fingerprint density at radius 1 is 1.00 bits per heavy atom. The van der Waals surface area contributed by atoms with Crippen molar-refractivity contribution < 1.29 is 31.5 Å². The van der Waals surface area contributed by atoms with Crippen LogP contribution >= 0.6 is 0 Å². The second kappa shape index (κ2) is 15.2. The van der Waals surface area contributed by atoms with Gasteiger partial charge in [-0.05, 0) is 63.6 Å². The van der Waals surface area contributed by atoms with Crippen LogP contribution in [0.4, 0.5) is 27.8 Å². The first-order valence-electron chi connectivity index (χ1n) is 17.8. The summed E-state index contributed by atoms with van der Waals surface area (Å²) >= 11 is 0. The number of anilines is 1. The molecule has 282 valence electrons. The smallest absolute Gasteiger partial charge is 0.318 e.